The van der Waals surface area contributed by atoms with Crippen LogP contribution in [0, 0.1) is 0 Å². The van der Waals surface area contributed by atoms with Gasteiger partial charge in [0.2, 0.25) is 0 Å². The average Bonchev–Trinajstić information content (AvgIpc) is 2.82. The van der Waals surface area contributed by atoms with Crippen molar-refractivity contribution in [3.05, 3.63) is 53.1 Å². The molecule has 3 rings (SSSR count). The second kappa shape index (κ2) is 11.8. The zero-order valence-corrected chi connectivity index (χ0v) is 21.9. The standard InChI is InChI=1S/C28H38O3.C2H6/c1-6-8-10-16-28(15-9-7-2)19-21-17-20(26(29)27(3,4)30)11-13-23(21)24-14-12-22(31-5)18-25(24)28;1-2/h11-14,17-18,30H,6-10,15-16,19H2,1-5H3;1-2H3. The van der Waals surface area contributed by atoms with Crippen molar-refractivity contribution in [2.75, 3.05) is 7.11 Å². The van der Waals surface area contributed by atoms with Gasteiger partial charge < -0.3 is 9.84 Å². The molecule has 2 aromatic carbocycles. The molecule has 0 aliphatic heterocycles. The highest BCUT2D eigenvalue weighted by atomic mass is 16.5. The molecule has 0 radical (unpaired) electrons. The van der Waals surface area contributed by atoms with Crippen molar-refractivity contribution >= 4 is 5.78 Å². The van der Waals surface area contributed by atoms with Gasteiger partial charge in [0.05, 0.1) is 7.11 Å². The summed E-state index contributed by atoms with van der Waals surface area (Å²) in [4.78, 5) is 12.8. The van der Waals surface area contributed by atoms with Gasteiger partial charge in [-0.05, 0) is 73.6 Å². The molecule has 3 nitrogen and oxygen atoms in total. The van der Waals surface area contributed by atoms with E-state index in [1.807, 2.05) is 32.0 Å². The van der Waals surface area contributed by atoms with E-state index in [1.54, 1.807) is 21.0 Å². The third-order valence-electron chi connectivity index (χ3n) is 6.81. The van der Waals surface area contributed by atoms with Crippen LogP contribution in [0.25, 0.3) is 11.1 Å². The summed E-state index contributed by atoms with van der Waals surface area (Å²) >= 11 is 0. The number of ketones is 1. The summed E-state index contributed by atoms with van der Waals surface area (Å²) in [6.45, 7) is 11.6. The first kappa shape index (κ1) is 27.1. The third kappa shape index (κ3) is 6.06. The van der Waals surface area contributed by atoms with Crippen LogP contribution in [0.5, 0.6) is 5.75 Å². The molecule has 0 saturated heterocycles. The van der Waals surface area contributed by atoms with E-state index in [-0.39, 0.29) is 11.2 Å². The number of aliphatic hydroxyl groups is 1. The number of carbonyl (C=O) groups is 1. The number of hydrogen-bond donors (Lipinski definition) is 1. The molecule has 0 bridgehead atoms. The van der Waals surface area contributed by atoms with Gasteiger partial charge in [0.1, 0.15) is 11.4 Å². The molecule has 2 aromatic rings. The summed E-state index contributed by atoms with van der Waals surface area (Å²) in [6.07, 6.45) is 9.19. The molecule has 1 unspecified atom stereocenters. The van der Waals surface area contributed by atoms with Crippen molar-refractivity contribution < 1.29 is 14.6 Å². The van der Waals surface area contributed by atoms with Crippen LogP contribution in [-0.2, 0) is 11.8 Å². The minimum Gasteiger partial charge on any atom is -0.497 e. The van der Waals surface area contributed by atoms with Crippen LogP contribution >= 0.6 is 0 Å². The molecule has 1 aliphatic rings. The number of fused-ring (bicyclic) bond motifs is 3. The molecule has 182 valence electrons. The van der Waals surface area contributed by atoms with Gasteiger partial charge in [0, 0.05) is 11.0 Å². The van der Waals surface area contributed by atoms with E-state index in [2.05, 4.69) is 32.0 Å². The van der Waals surface area contributed by atoms with Gasteiger partial charge in [-0.15, -0.1) is 0 Å². The predicted molar refractivity (Wildman–Crippen MR) is 139 cm³/mol. The SMILES string of the molecule is CC.CCCCCC1(CCCC)Cc2cc(C(=O)C(C)(C)O)ccc2-c2ccc(OC)cc21. The second-order valence-electron chi connectivity index (χ2n) is 9.69. The number of ether oxygens (including phenoxy) is 1. The quantitative estimate of drug-likeness (QED) is 0.294. The molecule has 0 spiro atoms. The lowest BCUT2D eigenvalue weighted by Crippen LogP contribution is -2.34. The van der Waals surface area contributed by atoms with Crippen molar-refractivity contribution in [2.24, 2.45) is 0 Å². The van der Waals surface area contributed by atoms with Crippen LogP contribution in [0.3, 0.4) is 0 Å². The highest BCUT2D eigenvalue weighted by Crippen LogP contribution is 2.50. The summed E-state index contributed by atoms with van der Waals surface area (Å²) in [5.74, 6) is 0.688. The molecule has 0 aromatic heterocycles. The Balaban J connectivity index is 0.00000187. The summed E-state index contributed by atoms with van der Waals surface area (Å²) in [5, 5.41) is 10.3. The molecule has 3 heteroatoms. The molecule has 1 aliphatic carbocycles. The van der Waals surface area contributed by atoms with Crippen LogP contribution in [0.4, 0.5) is 0 Å². The minimum atomic E-state index is -1.37. The molecule has 0 heterocycles. The first-order chi connectivity index (χ1) is 15.8. The van der Waals surface area contributed by atoms with Gasteiger partial charge in [-0.1, -0.05) is 78.0 Å². The number of benzene rings is 2. The third-order valence-corrected chi connectivity index (χ3v) is 6.81. The van der Waals surface area contributed by atoms with E-state index in [1.165, 1.54) is 54.4 Å². The number of methoxy groups -OCH3 is 1. The van der Waals surface area contributed by atoms with Gasteiger partial charge >= 0.3 is 0 Å². The first-order valence-electron chi connectivity index (χ1n) is 12.8. The van der Waals surface area contributed by atoms with E-state index in [0.717, 1.165) is 25.0 Å². The lowest BCUT2D eigenvalue weighted by molar-refractivity contribution is 0.0488. The van der Waals surface area contributed by atoms with Gasteiger partial charge in [0.25, 0.3) is 0 Å². The smallest absolute Gasteiger partial charge is 0.193 e. The monoisotopic (exact) mass is 452 g/mol. The molecular weight excluding hydrogens is 408 g/mol. The van der Waals surface area contributed by atoms with Crippen molar-refractivity contribution in [3.8, 4) is 16.9 Å². The summed E-state index contributed by atoms with van der Waals surface area (Å²) in [7, 11) is 1.73. The van der Waals surface area contributed by atoms with Gasteiger partial charge in [-0.3, -0.25) is 4.79 Å². The topological polar surface area (TPSA) is 46.5 Å². The lowest BCUT2D eigenvalue weighted by Gasteiger charge is -2.41. The lowest BCUT2D eigenvalue weighted by atomic mass is 9.63. The maximum Gasteiger partial charge on any atom is 0.193 e. The van der Waals surface area contributed by atoms with E-state index in [0.29, 0.717) is 5.56 Å². The maximum atomic E-state index is 12.8. The highest BCUT2D eigenvalue weighted by Gasteiger charge is 2.39. The zero-order chi connectivity index (χ0) is 24.6. The Morgan fingerprint density at radius 3 is 2.21 bits per heavy atom. The molecular formula is C30H44O3. The molecule has 1 atom stereocenters. The number of hydrogen-bond acceptors (Lipinski definition) is 3. The normalized spacial score (nSPS) is 16.8. The van der Waals surface area contributed by atoms with E-state index in [4.69, 9.17) is 4.74 Å². The fourth-order valence-corrected chi connectivity index (χ4v) is 5.08. The van der Waals surface area contributed by atoms with Crippen LogP contribution in [-0.4, -0.2) is 23.6 Å². The number of Topliss-reactive ketones (excluding diaryl/α,β-unsaturated/α-hetero) is 1. The van der Waals surface area contributed by atoms with Crippen molar-refractivity contribution in [1.29, 1.82) is 0 Å². The number of carbonyl (C=O) groups excluding carboxylic acids is 1. The van der Waals surface area contributed by atoms with Crippen LogP contribution in [0.2, 0.25) is 0 Å². The van der Waals surface area contributed by atoms with Crippen molar-refractivity contribution in [2.45, 2.75) is 104 Å². The number of unbranched alkanes of at least 4 members (excludes halogenated alkanes) is 3. The molecule has 0 saturated carbocycles. The van der Waals surface area contributed by atoms with Crippen LogP contribution in [0.1, 0.15) is 108 Å². The maximum absolute atomic E-state index is 12.8. The molecule has 1 N–H and O–H groups in total. The van der Waals surface area contributed by atoms with Crippen molar-refractivity contribution in [3.63, 3.8) is 0 Å². The van der Waals surface area contributed by atoms with E-state index >= 15 is 0 Å². The summed E-state index contributed by atoms with van der Waals surface area (Å²) in [6, 6.07) is 12.4. The molecule has 0 amide bonds. The van der Waals surface area contributed by atoms with Crippen LogP contribution < -0.4 is 4.74 Å². The molecule has 0 fully saturated rings. The fourth-order valence-electron chi connectivity index (χ4n) is 5.08. The predicted octanol–water partition coefficient (Wildman–Crippen LogP) is 7.91. The highest BCUT2D eigenvalue weighted by molar-refractivity contribution is 6.02. The first-order valence-corrected chi connectivity index (χ1v) is 12.8. The van der Waals surface area contributed by atoms with Gasteiger partial charge in [0.15, 0.2) is 5.78 Å². The molecule has 33 heavy (non-hydrogen) atoms. The Labute approximate surface area is 201 Å². The summed E-state index contributed by atoms with van der Waals surface area (Å²) in [5.41, 5.74) is 4.36. The van der Waals surface area contributed by atoms with E-state index in [9.17, 15) is 9.90 Å². The Morgan fingerprint density at radius 1 is 0.970 bits per heavy atom. The Hall–Kier alpha value is -2.13. The van der Waals surface area contributed by atoms with Crippen molar-refractivity contribution in [1.82, 2.24) is 0 Å². The Morgan fingerprint density at radius 2 is 1.61 bits per heavy atom. The summed E-state index contributed by atoms with van der Waals surface area (Å²) < 4.78 is 5.61. The Bertz CT molecular complexity index is 923. The Kier molecular flexibility index (Phi) is 9.72. The van der Waals surface area contributed by atoms with Gasteiger partial charge in [-0.2, -0.15) is 0 Å². The largest absolute Gasteiger partial charge is 0.497 e. The second-order valence-corrected chi connectivity index (χ2v) is 9.69. The van der Waals surface area contributed by atoms with Crippen LogP contribution in [0.15, 0.2) is 36.4 Å². The minimum absolute atomic E-state index is 0.0540. The number of rotatable bonds is 10. The zero-order valence-electron chi connectivity index (χ0n) is 21.9. The van der Waals surface area contributed by atoms with Gasteiger partial charge in [-0.25, -0.2) is 0 Å². The van der Waals surface area contributed by atoms with E-state index < -0.39 is 5.60 Å². The fraction of sp³-hybridized carbons (Fsp3) is 0.567. The average molecular weight is 453 g/mol.